The predicted octanol–water partition coefficient (Wildman–Crippen LogP) is 6.77. The van der Waals surface area contributed by atoms with Crippen molar-refractivity contribution in [1.82, 2.24) is 14.6 Å². The lowest BCUT2D eigenvalue weighted by Crippen LogP contribution is -2.49. The SMILES string of the molecule is C=NC[C@]1(COP(=O)(O)OC[C@@H](COCc2cc(F)cc(C#N)c2)OCCCCCCCCCCCCCCCC)O[C@@H](c2ccc3c(N)ncnn23)[C@H](O)[C@@H]1O. The molecule has 316 valence electrons. The Bertz CT molecular complexity index is 1760. The van der Waals surface area contributed by atoms with Crippen molar-refractivity contribution < 1.29 is 47.3 Å². The number of aromatic nitrogens is 3. The van der Waals surface area contributed by atoms with Gasteiger partial charge < -0.3 is 35.1 Å². The van der Waals surface area contributed by atoms with Crippen LogP contribution in [0.1, 0.15) is 120 Å². The van der Waals surface area contributed by atoms with Crippen LogP contribution < -0.4 is 5.73 Å². The van der Waals surface area contributed by atoms with Crippen molar-refractivity contribution in [2.45, 2.75) is 133 Å². The minimum absolute atomic E-state index is 0.0379. The molecule has 0 amide bonds. The van der Waals surface area contributed by atoms with Gasteiger partial charge in [-0.1, -0.05) is 90.4 Å². The molecule has 0 spiro atoms. The van der Waals surface area contributed by atoms with Gasteiger partial charge >= 0.3 is 7.82 Å². The number of aliphatic imine (C=N–C) groups is 1. The van der Waals surface area contributed by atoms with Crippen molar-refractivity contribution >= 4 is 25.9 Å². The molecule has 1 fully saturated rings. The average molecular weight is 819 g/mol. The van der Waals surface area contributed by atoms with Gasteiger partial charge in [-0.15, -0.1) is 0 Å². The summed E-state index contributed by atoms with van der Waals surface area (Å²) in [4.78, 5) is 18.5. The topological polar surface area (TPSA) is 216 Å². The zero-order valence-corrected chi connectivity index (χ0v) is 33.9. The molecular formula is C40H60FN6O9P. The van der Waals surface area contributed by atoms with Crippen LogP contribution in [-0.2, 0) is 34.4 Å². The third-order valence-corrected chi connectivity index (χ3v) is 11.1. The maximum Gasteiger partial charge on any atom is 0.472 e. The van der Waals surface area contributed by atoms with Gasteiger partial charge in [-0.05, 0) is 49.0 Å². The fourth-order valence-corrected chi connectivity index (χ4v) is 7.79. The first-order valence-corrected chi connectivity index (χ1v) is 21.6. The number of unbranched alkanes of at least 4 members (excludes halogenated alkanes) is 13. The van der Waals surface area contributed by atoms with Gasteiger partial charge in [0.1, 0.15) is 47.7 Å². The number of phosphoric acid groups is 1. The van der Waals surface area contributed by atoms with Crippen LogP contribution in [0.25, 0.3) is 5.52 Å². The van der Waals surface area contributed by atoms with Gasteiger partial charge in [0.05, 0.1) is 50.3 Å². The van der Waals surface area contributed by atoms with E-state index >= 15 is 0 Å². The van der Waals surface area contributed by atoms with Crippen molar-refractivity contribution in [3.8, 4) is 6.07 Å². The van der Waals surface area contributed by atoms with E-state index in [0.29, 0.717) is 23.4 Å². The van der Waals surface area contributed by atoms with Crippen LogP contribution in [0.4, 0.5) is 10.2 Å². The Kier molecular flexibility index (Phi) is 19.4. The number of hydrogen-bond donors (Lipinski definition) is 4. The maximum absolute atomic E-state index is 14.0. The summed E-state index contributed by atoms with van der Waals surface area (Å²) in [5, 5.41) is 35.6. The monoisotopic (exact) mass is 818 g/mol. The molecule has 57 heavy (non-hydrogen) atoms. The zero-order valence-electron chi connectivity index (χ0n) is 33.1. The largest absolute Gasteiger partial charge is 0.472 e. The summed E-state index contributed by atoms with van der Waals surface area (Å²) in [6, 6.07) is 9.04. The summed E-state index contributed by atoms with van der Waals surface area (Å²) in [5.74, 6) is -0.375. The van der Waals surface area contributed by atoms with Crippen molar-refractivity contribution in [3.05, 3.63) is 59.3 Å². The van der Waals surface area contributed by atoms with Gasteiger partial charge in [0.15, 0.2) is 5.82 Å². The van der Waals surface area contributed by atoms with Crippen molar-refractivity contribution in [2.24, 2.45) is 4.99 Å². The molecule has 15 nitrogen and oxygen atoms in total. The Balaban J connectivity index is 1.27. The molecule has 0 bridgehead atoms. The summed E-state index contributed by atoms with van der Waals surface area (Å²) in [6.45, 7) is 4.55. The highest BCUT2D eigenvalue weighted by molar-refractivity contribution is 7.47. The lowest BCUT2D eigenvalue weighted by Gasteiger charge is -2.30. The van der Waals surface area contributed by atoms with E-state index in [9.17, 15) is 29.3 Å². The van der Waals surface area contributed by atoms with Crippen LogP contribution in [0.2, 0.25) is 0 Å². The van der Waals surface area contributed by atoms with Gasteiger partial charge in [-0.3, -0.25) is 14.0 Å². The first kappa shape index (κ1) is 46.3. The standard InChI is InChI=1S/C40H60FN6O9P/c1-3-4-5-6-7-8-9-10-11-12-13-14-15-16-19-53-33(25-52-24-31-20-30(23-42)21-32(41)22-31)26-54-57(50,51)55-28-40(27-44-2)38(49)36(48)37(56-40)34-17-18-35-39(43)45-29-46-47(34)35/h17-18,20-22,29,33,36-38,48-49H,2-16,19,24-28H2,1H3,(H,50,51)(H2,43,45,46)/t33-,36+,37+,38+,40-/m1/s1. The first-order chi connectivity index (χ1) is 27.5. The minimum Gasteiger partial charge on any atom is -0.387 e. The third kappa shape index (κ3) is 14.5. The quantitative estimate of drug-likeness (QED) is 0.0324. The molecule has 1 unspecified atom stereocenters. The second-order valence-corrected chi connectivity index (χ2v) is 16.2. The van der Waals surface area contributed by atoms with E-state index in [4.69, 9.17) is 29.0 Å². The summed E-state index contributed by atoms with van der Waals surface area (Å²) in [6.07, 6.45) is 13.1. The predicted molar refractivity (Wildman–Crippen MR) is 213 cm³/mol. The van der Waals surface area contributed by atoms with E-state index in [-0.39, 0.29) is 31.1 Å². The van der Waals surface area contributed by atoms with E-state index in [0.717, 1.165) is 31.7 Å². The van der Waals surface area contributed by atoms with Crippen LogP contribution >= 0.6 is 7.82 Å². The summed E-state index contributed by atoms with van der Waals surface area (Å²) in [7, 11) is -4.82. The van der Waals surface area contributed by atoms with Gasteiger partial charge in [0.2, 0.25) is 0 Å². The third-order valence-electron chi connectivity index (χ3n) is 10.1. The number of nitrogens with two attached hydrogens (primary N) is 1. The summed E-state index contributed by atoms with van der Waals surface area (Å²) in [5.41, 5.74) is 5.56. The molecule has 1 aliphatic rings. The smallest absolute Gasteiger partial charge is 0.387 e. The van der Waals surface area contributed by atoms with E-state index in [1.54, 1.807) is 12.1 Å². The van der Waals surface area contributed by atoms with E-state index in [1.807, 2.05) is 6.07 Å². The maximum atomic E-state index is 14.0. The Morgan fingerprint density at radius 3 is 2.35 bits per heavy atom. The molecule has 0 aliphatic carbocycles. The highest BCUT2D eigenvalue weighted by Crippen LogP contribution is 2.48. The van der Waals surface area contributed by atoms with Crippen LogP contribution in [0.3, 0.4) is 0 Å². The molecule has 6 atom stereocenters. The molecule has 0 saturated carbocycles. The van der Waals surface area contributed by atoms with Crippen molar-refractivity contribution in [2.75, 3.05) is 38.7 Å². The molecule has 3 aromatic rings. The minimum atomic E-state index is -4.82. The Hall–Kier alpha value is -3.36. The van der Waals surface area contributed by atoms with E-state index in [2.05, 4.69) is 28.7 Å². The molecule has 4 rings (SSSR count). The average Bonchev–Trinajstić information content (AvgIpc) is 3.73. The number of hydrogen-bond acceptors (Lipinski definition) is 13. The number of anilines is 1. The van der Waals surface area contributed by atoms with Crippen LogP contribution in [0, 0.1) is 17.1 Å². The Labute approximate surface area is 335 Å². The van der Waals surface area contributed by atoms with Crippen LogP contribution in [-0.4, -0.2) is 93.3 Å². The zero-order chi connectivity index (χ0) is 41.1. The number of nitriles is 1. The van der Waals surface area contributed by atoms with Crippen molar-refractivity contribution in [1.29, 1.82) is 5.26 Å². The van der Waals surface area contributed by atoms with Gasteiger partial charge in [0.25, 0.3) is 0 Å². The lowest BCUT2D eigenvalue weighted by atomic mass is 9.95. The van der Waals surface area contributed by atoms with Gasteiger partial charge in [0, 0.05) is 6.61 Å². The molecule has 3 heterocycles. The number of ether oxygens (including phenoxy) is 3. The van der Waals surface area contributed by atoms with E-state index < -0.39 is 56.9 Å². The normalized spacial score (nSPS) is 21.1. The second kappa shape index (κ2) is 23.9. The second-order valence-electron chi connectivity index (χ2n) is 14.7. The highest BCUT2D eigenvalue weighted by atomic mass is 31.2. The van der Waals surface area contributed by atoms with E-state index in [1.165, 1.54) is 87.2 Å². The molecule has 1 aliphatic heterocycles. The number of aliphatic hydroxyl groups is 2. The molecule has 17 heteroatoms. The molecular weight excluding hydrogens is 758 g/mol. The molecule has 0 radical (unpaired) electrons. The molecule has 2 aromatic heterocycles. The van der Waals surface area contributed by atoms with Crippen LogP contribution in [0.5, 0.6) is 0 Å². The number of nitrogens with zero attached hydrogens (tertiary/aromatic N) is 5. The van der Waals surface area contributed by atoms with Crippen molar-refractivity contribution in [3.63, 3.8) is 0 Å². The van der Waals surface area contributed by atoms with Gasteiger partial charge in [-0.2, -0.15) is 10.4 Å². The number of fused-ring (bicyclic) bond motifs is 1. The number of aliphatic hydroxyl groups excluding tert-OH is 2. The number of nitrogen functional groups attached to an aromatic ring is 1. The molecule has 1 saturated heterocycles. The van der Waals surface area contributed by atoms with Gasteiger partial charge in [-0.25, -0.2) is 18.5 Å². The Morgan fingerprint density at radius 2 is 1.70 bits per heavy atom. The number of phosphoric ester groups is 1. The first-order valence-electron chi connectivity index (χ1n) is 20.1. The lowest BCUT2D eigenvalue weighted by molar-refractivity contribution is -0.106. The fourth-order valence-electron chi connectivity index (χ4n) is 6.98. The Morgan fingerprint density at radius 1 is 1.04 bits per heavy atom. The highest BCUT2D eigenvalue weighted by Gasteiger charge is 2.56. The number of benzene rings is 1. The molecule has 1 aromatic carbocycles. The molecule has 5 N–H and O–H groups in total. The fraction of sp³-hybridized carbons (Fsp3) is 0.650. The van der Waals surface area contributed by atoms with Crippen LogP contribution in [0.15, 0.2) is 41.7 Å². The summed E-state index contributed by atoms with van der Waals surface area (Å²) < 4.78 is 57.2. The number of halogens is 1. The number of rotatable bonds is 29. The summed E-state index contributed by atoms with van der Waals surface area (Å²) >= 11 is 0.